The molecule has 0 bridgehead atoms. The Hall–Kier alpha value is -3.21. The molecule has 0 saturated carbocycles. The third-order valence-corrected chi connectivity index (χ3v) is 7.30. The lowest BCUT2D eigenvalue weighted by molar-refractivity contribution is -0.109. The van der Waals surface area contributed by atoms with Crippen molar-refractivity contribution in [2.75, 3.05) is 30.7 Å². The maximum absolute atomic E-state index is 12.7. The summed E-state index contributed by atoms with van der Waals surface area (Å²) in [6, 6.07) is 19.3. The standard InChI is InChI=1S/C26H29N3O5S2/c1-20(30)35-19-25(31)22-9-14-26(27-17-22)28-36(32,33)24-12-10-23(11-13-24)34-16-6-15-29(2)18-21-7-4-3-5-8-21/h3-5,7-14,17H,6,15-16,18-19H2,1-2H3,(H,27,28). The van der Waals surface area contributed by atoms with Gasteiger partial charge in [-0.1, -0.05) is 42.1 Å². The second kappa shape index (κ2) is 13.2. The highest BCUT2D eigenvalue weighted by Crippen LogP contribution is 2.19. The van der Waals surface area contributed by atoms with Crippen LogP contribution in [0, 0.1) is 0 Å². The van der Waals surface area contributed by atoms with Crippen LogP contribution in [0.3, 0.4) is 0 Å². The van der Waals surface area contributed by atoms with Crippen LogP contribution in [0.2, 0.25) is 0 Å². The van der Waals surface area contributed by atoms with E-state index in [4.69, 9.17) is 4.74 Å². The van der Waals surface area contributed by atoms with Crippen molar-refractivity contribution in [1.82, 2.24) is 9.88 Å². The molecule has 2 aromatic carbocycles. The van der Waals surface area contributed by atoms with Gasteiger partial charge in [0.25, 0.3) is 10.0 Å². The number of ketones is 1. The normalized spacial score (nSPS) is 11.3. The van der Waals surface area contributed by atoms with Crippen molar-refractivity contribution in [3.63, 3.8) is 0 Å². The summed E-state index contributed by atoms with van der Waals surface area (Å²) in [4.78, 5) is 29.3. The molecule has 1 N–H and O–H groups in total. The van der Waals surface area contributed by atoms with Gasteiger partial charge in [-0.3, -0.25) is 14.3 Å². The summed E-state index contributed by atoms with van der Waals surface area (Å²) in [5.41, 5.74) is 1.56. The number of nitrogens with zero attached hydrogens (tertiary/aromatic N) is 2. The van der Waals surface area contributed by atoms with E-state index in [0.29, 0.717) is 17.9 Å². The highest BCUT2D eigenvalue weighted by molar-refractivity contribution is 8.14. The van der Waals surface area contributed by atoms with E-state index < -0.39 is 10.0 Å². The third-order valence-electron chi connectivity index (χ3n) is 5.11. The first kappa shape index (κ1) is 27.4. The second-order valence-electron chi connectivity index (χ2n) is 8.14. The van der Waals surface area contributed by atoms with Crippen molar-refractivity contribution in [3.8, 4) is 5.75 Å². The molecule has 0 unspecified atom stereocenters. The lowest BCUT2D eigenvalue weighted by Gasteiger charge is -2.16. The molecule has 0 spiro atoms. The lowest BCUT2D eigenvalue weighted by Crippen LogP contribution is -2.20. The van der Waals surface area contributed by atoms with Gasteiger partial charge < -0.3 is 9.64 Å². The van der Waals surface area contributed by atoms with E-state index in [2.05, 4.69) is 33.8 Å². The number of carbonyl (C=O) groups is 2. The summed E-state index contributed by atoms with van der Waals surface area (Å²) in [5, 5.41) is -0.149. The van der Waals surface area contributed by atoms with Gasteiger partial charge in [0, 0.05) is 31.8 Å². The van der Waals surface area contributed by atoms with Gasteiger partial charge in [-0.2, -0.15) is 0 Å². The molecule has 8 nitrogen and oxygen atoms in total. The Kier molecular flexibility index (Phi) is 10.0. The SMILES string of the molecule is CC(=O)SCC(=O)c1ccc(NS(=O)(=O)c2ccc(OCCCN(C)Cc3ccccc3)cc2)nc1. The smallest absolute Gasteiger partial charge is 0.263 e. The number of ether oxygens (including phenoxy) is 1. The molecule has 36 heavy (non-hydrogen) atoms. The number of pyridine rings is 1. The first-order valence-electron chi connectivity index (χ1n) is 11.3. The van der Waals surface area contributed by atoms with Gasteiger partial charge in [-0.25, -0.2) is 13.4 Å². The first-order chi connectivity index (χ1) is 17.2. The van der Waals surface area contributed by atoms with Gasteiger partial charge in [0.05, 0.1) is 17.3 Å². The number of nitrogens with one attached hydrogen (secondary N) is 1. The summed E-state index contributed by atoms with van der Waals surface area (Å²) in [6.07, 6.45) is 2.12. The van der Waals surface area contributed by atoms with Crippen molar-refractivity contribution in [2.45, 2.75) is 24.8 Å². The Morgan fingerprint density at radius 2 is 1.75 bits per heavy atom. The van der Waals surface area contributed by atoms with Crippen LogP contribution >= 0.6 is 11.8 Å². The van der Waals surface area contributed by atoms with Crippen molar-refractivity contribution < 1.29 is 22.7 Å². The number of hydrogen-bond donors (Lipinski definition) is 1. The molecule has 1 heterocycles. The van der Waals surface area contributed by atoms with Crippen LogP contribution in [0.25, 0.3) is 0 Å². The monoisotopic (exact) mass is 527 g/mol. The number of rotatable bonds is 13. The number of hydrogen-bond acceptors (Lipinski definition) is 8. The van der Waals surface area contributed by atoms with E-state index in [9.17, 15) is 18.0 Å². The molecule has 0 aliphatic heterocycles. The molecule has 0 fully saturated rings. The highest BCUT2D eigenvalue weighted by Gasteiger charge is 2.16. The molecule has 1 aromatic heterocycles. The molecule has 3 rings (SSSR count). The molecule has 3 aromatic rings. The molecular weight excluding hydrogens is 498 g/mol. The zero-order chi connectivity index (χ0) is 26.0. The number of anilines is 1. The quantitative estimate of drug-likeness (QED) is 0.260. The lowest BCUT2D eigenvalue weighted by atomic mass is 10.2. The minimum absolute atomic E-state index is 0.0148. The summed E-state index contributed by atoms with van der Waals surface area (Å²) < 4.78 is 33.5. The van der Waals surface area contributed by atoms with E-state index in [-0.39, 0.29) is 27.4 Å². The minimum atomic E-state index is -3.86. The predicted molar refractivity (Wildman–Crippen MR) is 142 cm³/mol. The van der Waals surface area contributed by atoms with Gasteiger partial charge in [-0.05, 0) is 55.4 Å². The van der Waals surface area contributed by atoms with Gasteiger partial charge in [-0.15, -0.1) is 0 Å². The Morgan fingerprint density at radius 1 is 1.03 bits per heavy atom. The zero-order valence-corrected chi connectivity index (χ0v) is 21.8. The molecule has 190 valence electrons. The van der Waals surface area contributed by atoms with Gasteiger partial charge >= 0.3 is 0 Å². The number of Topliss-reactive ketones (excluding diaryl/α,β-unsaturated/α-hetero) is 1. The molecule has 0 aliphatic carbocycles. The van der Waals surface area contributed by atoms with Gasteiger partial charge in [0.1, 0.15) is 11.6 Å². The number of benzene rings is 2. The maximum Gasteiger partial charge on any atom is 0.263 e. The second-order valence-corrected chi connectivity index (χ2v) is 11.0. The summed E-state index contributed by atoms with van der Waals surface area (Å²) in [7, 11) is -1.80. The van der Waals surface area contributed by atoms with Gasteiger partial charge in [0.2, 0.25) is 0 Å². The Labute approximate surface area is 216 Å². The highest BCUT2D eigenvalue weighted by atomic mass is 32.2. The average molecular weight is 528 g/mol. The number of carbonyl (C=O) groups excluding carboxylic acids is 2. The third kappa shape index (κ3) is 8.78. The first-order valence-corrected chi connectivity index (χ1v) is 13.8. The van der Waals surface area contributed by atoms with Crippen molar-refractivity contribution in [3.05, 3.63) is 84.1 Å². The fourth-order valence-corrected chi connectivity index (χ4v) is 4.79. The van der Waals surface area contributed by atoms with E-state index in [1.165, 1.54) is 42.9 Å². The van der Waals surface area contributed by atoms with Crippen LogP contribution in [-0.2, 0) is 21.4 Å². The van der Waals surface area contributed by atoms with Crippen LogP contribution in [0.15, 0.2) is 77.8 Å². The largest absolute Gasteiger partial charge is 0.494 e. The van der Waals surface area contributed by atoms with E-state index >= 15 is 0 Å². The van der Waals surface area contributed by atoms with E-state index in [1.807, 2.05) is 18.2 Å². The van der Waals surface area contributed by atoms with Crippen LogP contribution in [0.5, 0.6) is 5.75 Å². The number of aromatic nitrogens is 1. The number of sulfonamides is 1. The number of thioether (sulfide) groups is 1. The van der Waals surface area contributed by atoms with Crippen LogP contribution in [0.1, 0.15) is 29.3 Å². The molecule has 0 radical (unpaired) electrons. The van der Waals surface area contributed by atoms with Crippen LogP contribution < -0.4 is 9.46 Å². The summed E-state index contributed by atoms with van der Waals surface area (Å²) in [5.74, 6) is 0.436. The summed E-state index contributed by atoms with van der Waals surface area (Å²) in [6.45, 7) is 3.65. The minimum Gasteiger partial charge on any atom is -0.494 e. The fraction of sp³-hybridized carbons (Fsp3) is 0.269. The van der Waals surface area contributed by atoms with Crippen molar-refractivity contribution in [1.29, 1.82) is 0 Å². The van der Waals surface area contributed by atoms with Crippen LogP contribution in [0.4, 0.5) is 5.82 Å². The van der Waals surface area contributed by atoms with E-state index in [0.717, 1.165) is 31.3 Å². The topological polar surface area (TPSA) is 106 Å². The van der Waals surface area contributed by atoms with Crippen LogP contribution in [-0.4, -0.2) is 55.2 Å². The zero-order valence-electron chi connectivity index (χ0n) is 20.2. The Bertz CT molecular complexity index is 1250. The Balaban J connectivity index is 1.46. The molecular formula is C26H29N3O5S2. The summed E-state index contributed by atoms with van der Waals surface area (Å²) >= 11 is 0.914. The van der Waals surface area contributed by atoms with Gasteiger partial charge in [0.15, 0.2) is 10.9 Å². The van der Waals surface area contributed by atoms with Crippen molar-refractivity contribution >= 4 is 38.5 Å². The van der Waals surface area contributed by atoms with E-state index in [1.54, 1.807) is 12.1 Å². The molecule has 10 heteroatoms. The molecule has 0 amide bonds. The predicted octanol–water partition coefficient (Wildman–Crippen LogP) is 4.25. The average Bonchev–Trinajstić information content (AvgIpc) is 2.86. The Morgan fingerprint density at radius 3 is 2.39 bits per heavy atom. The molecule has 0 atom stereocenters. The maximum atomic E-state index is 12.7. The fourth-order valence-electron chi connectivity index (χ4n) is 3.28. The van der Waals surface area contributed by atoms with Crippen molar-refractivity contribution in [2.24, 2.45) is 0 Å². The molecule has 0 aliphatic rings. The molecule has 0 saturated heterocycles.